The molecule has 0 fully saturated rings. The van der Waals surface area contributed by atoms with Gasteiger partial charge in [-0.25, -0.2) is 4.99 Å². The molecule has 1 aromatic rings. The zero-order chi connectivity index (χ0) is 16.5. The van der Waals surface area contributed by atoms with Crippen LogP contribution in [0.15, 0.2) is 23.2 Å². The van der Waals surface area contributed by atoms with Gasteiger partial charge >= 0.3 is 0 Å². The number of guanidine groups is 1. The number of nitrogens with zero attached hydrogens (tertiary/aromatic N) is 2. The molecule has 0 unspecified atom stereocenters. The monoisotopic (exact) mass is 326 g/mol. The van der Waals surface area contributed by atoms with Gasteiger partial charge in [-0.05, 0) is 24.6 Å². The number of rotatable bonds is 6. The predicted molar refractivity (Wildman–Crippen MR) is 89.5 cm³/mol. The number of benzene rings is 1. The van der Waals surface area contributed by atoms with Gasteiger partial charge in [0.05, 0.1) is 25.2 Å². The quantitative estimate of drug-likeness (QED) is 0.614. The largest absolute Gasteiger partial charge is 0.495 e. The normalized spacial score (nSPS) is 11.0. The van der Waals surface area contributed by atoms with E-state index in [4.69, 9.17) is 16.3 Å². The van der Waals surface area contributed by atoms with E-state index in [-0.39, 0.29) is 12.5 Å². The van der Waals surface area contributed by atoms with Gasteiger partial charge in [-0.1, -0.05) is 17.7 Å². The van der Waals surface area contributed by atoms with Crippen molar-refractivity contribution in [2.75, 3.05) is 34.3 Å². The Hall–Kier alpha value is -1.95. The summed E-state index contributed by atoms with van der Waals surface area (Å²) in [5, 5.41) is 6.65. The molecular weight excluding hydrogens is 304 g/mol. The van der Waals surface area contributed by atoms with Crippen LogP contribution in [0.1, 0.15) is 12.5 Å². The highest BCUT2D eigenvalue weighted by Crippen LogP contribution is 2.25. The fraction of sp³-hybridized carbons (Fsp3) is 0.467. The van der Waals surface area contributed by atoms with Crippen LogP contribution in [-0.4, -0.2) is 51.1 Å². The number of hydrogen-bond acceptors (Lipinski definition) is 3. The lowest BCUT2D eigenvalue weighted by molar-refractivity contribution is -0.127. The smallest absolute Gasteiger partial charge is 0.241 e. The number of methoxy groups -OCH3 is 1. The third-order valence-electron chi connectivity index (χ3n) is 2.89. The van der Waals surface area contributed by atoms with E-state index in [0.717, 1.165) is 5.56 Å². The number of amides is 1. The molecule has 0 bridgehead atoms. The van der Waals surface area contributed by atoms with Gasteiger partial charge in [0.1, 0.15) is 5.75 Å². The summed E-state index contributed by atoms with van der Waals surface area (Å²) in [4.78, 5) is 17.6. The summed E-state index contributed by atoms with van der Waals surface area (Å²) in [6.45, 7) is 3.33. The molecule has 22 heavy (non-hydrogen) atoms. The molecule has 0 saturated carbocycles. The second-order valence-electron chi connectivity index (χ2n) is 4.81. The number of carbonyl (C=O) groups is 1. The van der Waals surface area contributed by atoms with Crippen molar-refractivity contribution < 1.29 is 9.53 Å². The van der Waals surface area contributed by atoms with Crippen LogP contribution in [0.25, 0.3) is 0 Å². The van der Waals surface area contributed by atoms with E-state index in [9.17, 15) is 4.79 Å². The highest BCUT2D eigenvalue weighted by molar-refractivity contribution is 6.32. The maximum absolute atomic E-state index is 11.6. The lowest BCUT2D eigenvalue weighted by Gasteiger charge is -2.14. The Morgan fingerprint density at radius 2 is 2.09 bits per heavy atom. The first-order chi connectivity index (χ1) is 10.5. The number of halogens is 1. The third-order valence-corrected chi connectivity index (χ3v) is 3.18. The Bertz CT molecular complexity index is 532. The molecule has 7 heteroatoms. The summed E-state index contributed by atoms with van der Waals surface area (Å²) < 4.78 is 5.12. The molecule has 0 spiro atoms. The second kappa shape index (κ2) is 9.15. The Morgan fingerprint density at radius 3 is 2.64 bits per heavy atom. The van der Waals surface area contributed by atoms with Crippen LogP contribution in [0.2, 0.25) is 5.02 Å². The minimum Gasteiger partial charge on any atom is -0.495 e. The Balaban J connectivity index is 2.69. The van der Waals surface area contributed by atoms with Crippen LogP contribution in [0, 0.1) is 0 Å². The Morgan fingerprint density at radius 1 is 1.36 bits per heavy atom. The molecule has 1 aromatic carbocycles. The van der Waals surface area contributed by atoms with Crippen molar-refractivity contribution in [2.45, 2.75) is 13.5 Å². The molecule has 0 atom stereocenters. The summed E-state index contributed by atoms with van der Waals surface area (Å²) in [5.41, 5.74) is 0.960. The first-order valence-electron chi connectivity index (χ1n) is 7.02. The van der Waals surface area contributed by atoms with Gasteiger partial charge in [0.15, 0.2) is 5.96 Å². The molecule has 6 nitrogen and oxygen atoms in total. The minimum atomic E-state index is -0.0157. The maximum atomic E-state index is 11.6. The van der Waals surface area contributed by atoms with E-state index in [1.807, 2.05) is 25.1 Å². The highest BCUT2D eigenvalue weighted by Gasteiger charge is 2.06. The van der Waals surface area contributed by atoms with Gasteiger partial charge < -0.3 is 20.3 Å². The number of likely N-dealkylation sites (N-methyl/N-ethyl adjacent to an activating group) is 1. The van der Waals surface area contributed by atoms with Gasteiger partial charge in [0, 0.05) is 20.6 Å². The summed E-state index contributed by atoms with van der Waals surface area (Å²) in [7, 11) is 5.01. The standard InChI is InChI=1S/C15H23ClN4O2/c1-5-17-15(19-10-14(21)20(2)3)18-9-11-6-7-13(22-4)12(16)8-11/h6-8H,5,9-10H2,1-4H3,(H2,17,18,19). The summed E-state index contributed by atoms with van der Waals surface area (Å²) in [5.74, 6) is 1.21. The van der Waals surface area contributed by atoms with Crippen LogP contribution in [0.4, 0.5) is 0 Å². The molecule has 122 valence electrons. The second-order valence-corrected chi connectivity index (χ2v) is 5.21. The summed E-state index contributed by atoms with van der Waals surface area (Å²) >= 11 is 6.09. The van der Waals surface area contributed by atoms with E-state index in [1.54, 1.807) is 21.2 Å². The minimum absolute atomic E-state index is 0.0157. The average Bonchev–Trinajstić information content (AvgIpc) is 2.49. The molecule has 0 saturated heterocycles. The number of carbonyl (C=O) groups excluding carboxylic acids is 1. The molecule has 0 aliphatic carbocycles. The molecule has 1 amide bonds. The van der Waals surface area contributed by atoms with Crippen LogP contribution in [-0.2, 0) is 11.3 Å². The van der Waals surface area contributed by atoms with Crippen molar-refractivity contribution in [1.29, 1.82) is 0 Å². The molecule has 1 rings (SSSR count). The van der Waals surface area contributed by atoms with Crippen LogP contribution in [0.3, 0.4) is 0 Å². The van der Waals surface area contributed by atoms with Crippen molar-refractivity contribution in [2.24, 2.45) is 4.99 Å². The van der Waals surface area contributed by atoms with Crippen molar-refractivity contribution in [1.82, 2.24) is 15.5 Å². The van der Waals surface area contributed by atoms with E-state index < -0.39 is 0 Å². The maximum Gasteiger partial charge on any atom is 0.241 e. The summed E-state index contributed by atoms with van der Waals surface area (Å²) in [6, 6.07) is 5.53. The van der Waals surface area contributed by atoms with Crippen molar-refractivity contribution in [3.05, 3.63) is 28.8 Å². The highest BCUT2D eigenvalue weighted by atomic mass is 35.5. The number of nitrogens with one attached hydrogen (secondary N) is 2. The van der Waals surface area contributed by atoms with Crippen molar-refractivity contribution in [3.8, 4) is 5.75 Å². The van der Waals surface area contributed by atoms with Gasteiger partial charge in [-0.2, -0.15) is 0 Å². The first kappa shape index (κ1) is 18.1. The number of ether oxygens (including phenoxy) is 1. The fourth-order valence-corrected chi connectivity index (χ4v) is 1.92. The summed E-state index contributed by atoms with van der Waals surface area (Å²) in [6.07, 6.45) is 0. The van der Waals surface area contributed by atoms with E-state index >= 15 is 0 Å². The predicted octanol–water partition coefficient (Wildman–Crippen LogP) is 1.49. The van der Waals surface area contributed by atoms with Crippen molar-refractivity contribution >= 4 is 23.5 Å². The number of aliphatic imine (C=N–C) groups is 1. The SMILES string of the molecule is CCNC(=NCc1ccc(OC)c(Cl)c1)NCC(=O)N(C)C. The molecular formula is C15H23ClN4O2. The Labute approximate surface area is 136 Å². The molecule has 0 aliphatic heterocycles. The van der Waals surface area contributed by atoms with Gasteiger partial charge in [0.25, 0.3) is 0 Å². The average molecular weight is 327 g/mol. The van der Waals surface area contributed by atoms with Crippen LogP contribution < -0.4 is 15.4 Å². The van der Waals surface area contributed by atoms with Gasteiger partial charge in [-0.15, -0.1) is 0 Å². The molecule has 0 aliphatic rings. The fourth-order valence-electron chi connectivity index (χ4n) is 1.64. The lowest BCUT2D eigenvalue weighted by atomic mass is 10.2. The lowest BCUT2D eigenvalue weighted by Crippen LogP contribution is -2.42. The molecule has 0 heterocycles. The zero-order valence-corrected chi connectivity index (χ0v) is 14.2. The third kappa shape index (κ3) is 5.81. The van der Waals surface area contributed by atoms with E-state index in [1.165, 1.54) is 4.90 Å². The van der Waals surface area contributed by atoms with Crippen LogP contribution in [0.5, 0.6) is 5.75 Å². The first-order valence-corrected chi connectivity index (χ1v) is 7.40. The molecule has 0 aromatic heterocycles. The van der Waals surface area contributed by atoms with E-state index in [2.05, 4.69) is 15.6 Å². The van der Waals surface area contributed by atoms with Crippen LogP contribution >= 0.6 is 11.6 Å². The topological polar surface area (TPSA) is 66.0 Å². The van der Waals surface area contributed by atoms with Gasteiger partial charge in [-0.3, -0.25) is 4.79 Å². The van der Waals surface area contributed by atoms with E-state index in [0.29, 0.717) is 29.8 Å². The van der Waals surface area contributed by atoms with Crippen molar-refractivity contribution in [3.63, 3.8) is 0 Å². The Kier molecular flexibility index (Phi) is 7.52. The zero-order valence-electron chi connectivity index (χ0n) is 13.4. The molecule has 2 N–H and O–H groups in total. The number of hydrogen-bond donors (Lipinski definition) is 2. The molecule has 0 radical (unpaired) electrons. The van der Waals surface area contributed by atoms with Gasteiger partial charge in [0.2, 0.25) is 5.91 Å².